The summed E-state index contributed by atoms with van der Waals surface area (Å²) < 4.78 is 0. The van der Waals surface area contributed by atoms with Crippen LogP contribution >= 0.6 is 0 Å². The third-order valence-corrected chi connectivity index (χ3v) is 5.12. The Morgan fingerprint density at radius 3 is 1.85 bits per heavy atom. The number of aromatic nitrogens is 4. The van der Waals surface area contributed by atoms with Gasteiger partial charge in [0, 0.05) is 51.1 Å². The van der Waals surface area contributed by atoms with Crippen LogP contribution in [0.4, 0.5) is 0 Å². The highest BCUT2D eigenvalue weighted by molar-refractivity contribution is 5.21. The van der Waals surface area contributed by atoms with Gasteiger partial charge in [-0.3, -0.25) is 9.80 Å². The van der Waals surface area contributed by atoms with Gasteiger partial charge in [0.05, 0.1) is 35.4 Å². The van der Waals surface area contributed by atoms with E-state index in [4.69, 9.17) is 0 Å². The van der Waals surface area contributed by atoms with Crippen LogP contribution < -0.4 is 0 Å². The van der Waals surface area contributed by atoms with E-state index in [1.807, 2.05) is 12.7 Å². The molecule has 104 valence electrons. The smallest absolute Gasteiger partial charge is 0.0925 e. The number of nitrogens with zero attached hydrogens (tertiary/aromatic N) is 4. The van der Waals surface area contributed by atoms with Gasteiger partial charge in [0.25, 0.3) is 0 Å². The van der Waals surface area contributed by atoms with Crippen LogP contribution in [0, 0.1) is 0 Å². The first-order valence-corrected chi connectivity index (χ1v) is 7.37. The molecule has 20 heavy (non-hydrogen) atoms. The summed E-state index contributed by atoms with van der Waals surface area (Å²) in [5, 5.41) is 0. The minimum Gasteiger partial charge on any atom is -0.347 e. The fraction of sp³-hybridized carbons (Fsp3) is 0.571. The third-order valence-electron chi connectivity index (χ3n) is 5.12. The number of aromatic amines is 2. The second-order valence-corrected chi connectivity index (χ2v) is 6.23. The van der Waals surface area contributed by atoms with Crippen LogP contribution in [0.15, 0.2) is 12.7 Å². The normalized spacial score (nSPS) is 29.4. The molecule has 3 aliphatic heterocycles. The van der Waals surface area contributed by atoms with Crippen molar-refractivity contribution in [2.75, 3.05) is 13.1 Å². The summed E-state index contributed by atoms with van der Waals surface area (Å²) in [7, 11) is 0. The molecule has 1 saturated heterocycles. The Balaban J connectivity index is 1.43. The van der Waals surface area contributed by atoms with Crippen molar-refractivity contribution in [2.45, 2.75) is 38.0 Å². The van der Waals surface area contributed by atoms with Crippen molar-refractivity contribution in [3.05, 3.63) is 35.4 Å². The second kappa shape index (κ2) is 3.93. The van der Waals surface area contributed by atoms with Gasteiger partial charge in [-0.05, 0) is 0 Å². The summed E-state index contributed by atoms with van der Waals surface area (Å²) in [6.45, 7) is 4.35. The molecule has 0 saturated carbocycles. The van der Waals surface area contributed by atoms with E-state index in [9.17, 15) is 0 Å². The minimum atomic E-state index is 0.617. The van der Waals surface area contributed by atoms with Gasteiger partial charge in [0.15, 0.2) is 0 Å². The van der Waals surface area contributed by atoms with E-state index >= 15 is 0 Å². The number of hydrogen-bond donors (Lipinski definition) is 2. The Labute approximate surface area is 117 Å². The van der Waals surface area contributed by atoms with Gasteiger partial charge in [-0.2, -0.15) is 0 Å². The number of hydrogen-bond acceptors (Lipinski definition) is 4. The maximum atomic E-state index is 4.46. The average molecular weight is 270 g/mol. The molecule has 2 aromatic heterocycles. The first kappa shape index (κ1) is 11.0. The van der Waals surface area contributed by atoms with Crippen molar-refractivity contribution in [3.8, 4) is 0 Å². The van der Waals surface area contributed by atoms with E-state index in [-0.39, 0.29) is 0 Å². The lowest BCUT2D eigenvalue weighted by atomic mass is 9.92. The second-order valence-electron chi connectivity index (χ2n) is 6.23. The zero-order valence-corrected chi connectivity index (χ0v) is 11.3. The number of nitrogens with one attached hydrogen (secondary N) is 2. The molecule has 6 nitrogen and oxygen atoms in total. The molecule has 2 aromatic rings. The van der Waals surface area contributed by atoms with Crippen LogP contribution in [0.1, 0.15) is 22.8 Å². The lowest BCUT2D eigenvalue weighted by molar-refractivity contribution is 0.00466. The van der Waals surface area contributed by atoms with Gasteiger partial charge < -0.3 is 9.97 Å². The Morgan fingerprint density at radius 2 is 1.35 bits per heavy atom. The van der Waals surface area contributed by atoms with Gasteiger partial charge in [-0.25, -0.2) is 9.97 Å². The van der Waals surface area contributed by atoms with Gasteiger partial charge in [-0.1, -0.05) is 0 Å². The van der Waals surface area contributed by atoms with Gasteiger partial charge in [0.2, 0.25) is 0 Å². The van der Waals surface area contributed by atoms with Crippen LogP contribution in [0.25, 0.3) is 0 Å². The molecular weight excluding hydrogens is 252 g/mol. The summed E-state index contributed by atoms with van der Waals surface area (Å²) in [6, 6.07) is 1.23. The van der Waals surface area contributed by atoms with Crippen LogP contribution in [0.2, 0.25) is 0 Å². The summed E-state index contributed by atoms with van der Waals surface area (Å²) >= 11 is 0. The molecule has 0 spiro atoms. The molecule has 0 bridgehead atoms. The molecule has 0 aliphatic carbocycles. The number of imidazole rings is 2. The largest absolute Gasteiger partial charge is 0.347 e. The lowest BCUT2D eigenvalue weighted by Gasteiger charge is -2.49. The summed E-state index contributed by atoms with van der Waals surface area (Å²) in [5.74, 6) is 0. The van der Waals surface area contributed by atoms with Crippen molar-refractivity contribution in [1.29, 1.82) is 0 Å². The fourth-order valence-corrected chi connectivity index (χ4v) is 4.02. The zero-order valence-electron chi connectivity index (χ0n) is 11.3. The molecule has 6 heteroatoms. The molecule has 5 rings (SSSR count). The predicted octanol–water partition coefficient (Wildman–Crippen LogP) is 0.300. The SMILES string of the molecule is c1nc2c([nH]1)CN1CC3Cc4nc[nH]c4CN3CC1C2. The number of piperazine rings is 1. The summed E-state index contributed by atoms with van der Waals surface area (Å²) in [4.78, 5) is 20.8. The number of rotatable bonds is 0. The van der Waals surface area contributed by atoms with Crippen LogP contribution in [-0.2, 0) is 25.9 Å². The average Bonchev–Trinajstić information content (AvgIpc) is 3.07. The minimum absolute atomic E-state index is 0.617. The number of H-pyrrole nitrogens is 2. The predicted molar refractivity (Wildman–Crippen MR) is 73.0 cm³/mol. The fourth-order valence-electron chi connectivity index (χ4n) is 4.02. The first-order valence-electron chi connectivity index (χ1n) is 7.37. The monoisotopic (exact) mass is 270 g/mol. The summed E-state index contributed by atoms with van der Waals surface area (Å²) in [5.41, 5.74) is 5.16. The van der Waals surface area contributed by atoms with Crippen molar-refractivity contribution in [2.24, 2.45) is 0 Å². The Bertz CT molecular complexity index is 538. The molecule has 5 heterocycles. The van der Waals surface area contributed by atoms with Crippen LogP contribution in [-0.4, -0.2) is 54.9 Å². The number of fused-ring (bicyclic) bond motifs is 4. The van der Waals surface area contributed by atoms with Gasteiger partial charge in [0.1, 0.15) is 0 Å². The van der Waals surface area contributed by atoms with Crippen molar-refractivity contribution in [1.82, 2.24) is 29.7 Å². The van der Waals surface area contributed by atoms with Gasteiger partial charge >= 0.3 is 0 Å². The lowest BCUT2D eigenvalue weighted by Crippen LogP contribution is -2.61. The highest BCUT2D eigenvalue weighted by Gasteiger charge is 2.39. The molecular formula is C14H18N6. The standard InChI is InChI=1S/C14H18N6/c1-9-3-20-6-14-12(16-8-18-14)2-10(20)4-19(9)5-13-11(1)15-7-17-13/h7-10H,1-6H2,(H,15,17)(H,16,18). The van der Waals surface area contributed by atoms with E-state index < -0.39 is 0 Å². The van der Waals surface area contributed by atoms with E-state index in [1.165, 1.54) is 22.8 Å². The zero-order chi connectivity index (χ0) is 13.1. The molecule has 3 aliphatic rings. The van der Waals surface area contributed by atoms with E-state index in [0.717, 1.165) is 39.0 Å². The maximum absolute atomic E-state index is 4.46. The third kappa shape index (κ3) is 1.52. The van der Waals surface area contributed by atoms with Crippen LogP contribution in [0.5, 0.6) is 0 Å². The molecule has 2 unspecified atom stereocenters. The highest BCUT2D eigenvalue weighted by Crippen LogP contribution is 2.30. The topological polar surface area (TPSA) is 63.8 Å². The molecule has 0 aromatic carbocycles. The Morgan fingerprint density at radius 1 is 0.850 bits per heavy atom. The molecule has 0 amide bonds. The Hall–Kier alpha value is -1.66. The van der Waals surface area contributed by atoms with Crippen LogP contribution in [0.3, 0.4) is 0 Å². The molecule has 1 fully saturated rings. The van der Waals surface area contributed by atoms with Gasteiger partial charge in [-0.15, -0.1) is 0 Å². The van der Waals surface area contributed by atoms with E-state index in [2.05, 4.69) is 29.7 Å². The Kier molecular flexibility index (Phi) is 2.17. The van der Waals surface area contributed by atoms with Crippen molar-refractivity contribution in [3.63, 3.8) is 0 Å². The molecule has 2 atom stereocenters. The molecule has 2 N–H and O–H groups in total. The van der Waals surface area contributed by atoms with E-state index in [1.54, 1.807) is 0 Å². The van der Waals surface area contributed by atoms with Crippen molar-refractivity contribution < 1.29 is 0 Å². The summed E-state index contributed by atoms with van der Waals surface area (Å²) in [6.07, 6.45) is 5.84. The highest BCUT2D eigenvalue weighted by atomic mass is 15.3. The van der Waals surface area contributed by atoms with Crippen molar-refractivity contribution >= 4 is 0 Å². The first-order chi connectivity index (χ1) is 9.87. The quantitative estimate of drug-likeness (QED) is 0.723. The molecule has 0 radical (unpaired) electrons. The maximum Gasteiger partial charge on any atom is 0.0925 e. The van der Waals surface area contributed by atoms with E-state index in [0.29, 0.717) is 12.1 Å².